The normalized spacial score (nSPS) is 16.1. The largest absolute Gasteiger partial charge is 0.335 e. The van der Waals surface area contributed by atoms with Crippen LogP contribution in [0, 0.1) is 11.6 Å². The Morgan fingerprint density at radius 3 is 2.41 bits per heavy atom. The Bertz CT molecular complexity index is 855. The summed E-state index contributed by atoms with van der Waals surface area (Å²) in [6, 6.07) is 11.4. The molecule has 6 nitrogen and oxygen atoms in total. The van der Waals surface area contributed by atoms with E-state index in [9.17, 15) is 18.4 Å². The Labute approximate surface area is 168 Å². The number of halogens is 2. The van der Waals surface area contributed by atoms with E-state index in [1.165, 1.54) is 0 Å². The summed E-state index contributed by atoms with van der Waals surface area (Å²) in [5.74, 6) is -1.70. The minimum absolute atomic E-state index is 0.00545. The first-order valence-electron chi connectivity index (χ1n) is 9.55. The van der Waals surface area contributed by atoms with Crippen LogP contribution < -0.4 is 16.0 Å². The van der Waals surface area contributed by atoms with Crippen molar-refractivity contribution in [2.24, 2.45) is 0 Å². The van der Waals surface area contributed by atoms with Gasteiger partial charge in [-0.25, -0.2) is 13.6 Å². The molecule has 29 heavy (non-hydrogen) atoms. The summed E-state index contributed by atoms with van der Waals surface area (Å²) >= 11 is 0. The van der Waals surface area contributed by atoms with Gasteiger partial charge in [0.2, 0.25) is 5.91 Å². The molecular weight excluding hydrogens is 378 g/mol. The lowest BCUT2D eigenvalue weighted by atomic mass is 10.0. The molecule has 0 aromatic heterocycles. The number of hydrogen-bond donors (Lipinski definition) is 3. The van der Waals surface area contributed by atoms with Crippen LogP contribution in [0.5, 0.6) is 0 Å². The first-order valence-corrected chi connectivity index (χ1v) is 9.55. The maximum Gasteiger partial charge on any atom is 0.319 e. The second-order valence-corrected chi connectivity index (χ2v) is 7.06. The van der Waals surface area contributed by atoms with Crippen molar-refractivity contribution in [2.75, 3.05) is 23.7 Å². The highest BCUT2D eigenvalue weighted by Crippen LogP contribution is 2.18. The third-order valence-electron chi connectivity index (χ3n) is 5.01. The minimum atomic E-state index is -0.681. The van der Waals surface area contributed by atoms with Crippen molar-refractivity contribution in [1.82, 2.24) is 10.2 Å². The predicted octanol–water partition coefficient (Wildman–Crippen LogP) is 3.58. The van der Waals surface area contributed by atoms with Gasteiger partial charge in [0.15, 0.2) is 0 Å². The summed E-state index contributed by atoms with van der Waals surface area (Å²) in [5, 5.41) is 8.17. The van der Waals surface area contributed by atoms with Crippen LogP contribution in [0.1, 0.15) is 19.8 Å². The van der Waals surface area contributed by atoms with E-state index < -0.39 is 23.6 Å². The fourth-order valence-corrected chi connectivity index (χ4v) is 3.30. The zero-order chi connectivity index (χ0) is 20.8. The van der Waals surface area contributed by atoms with Gasteiger partial charge < -0.3 is 16.0 Å². The van der Waals surface area contributed by atoms with Crippen LogP contribution in [-0.4, -0.2) is 42.0 Å². The van der Waals surface area contributed by atoms with Crippen molar-refractivity contribution in [2.45, 2.75) is 31.8 Å². The second-order valence-electron chi connectivity index (χ2n) is 7.06. The number of para-hydroxylation sites is 1. The van der Waals surface area contributed by atoms with Crippen molar-refractivity contribution in [3.05, 3.63) is 60.2 Å². The predicted molar refractivity (Wildman–Crippen MR) is 108 cm³/mol. The van der Waals surface area contributed by atoms with E-state index in [0.29, 0.717) is 25.9 Å². The quantitative estimate of drug-likeness (QED) is 0.716. The fraction of sp³-hybridized carbons (Fsp3) is 0.333. The summed E-state index contributed by atoms with van der Waals surface area (Å²) in [4.78, 5) is 26.5. The molecule has 3 amide bonds. The first-order chi connectivity index (χ1) is 13.9. The van der Waals surface area contributed by atoms with Crippen molar-refractivity contribution in [1.29, 1.82) is 0 Å². The molecule has 3 rings (SSSR count). The van der Waals surface area contributed by atoms with Crippen molar-refractivity contribution in [3.8, 4) is 0 Å². The standard InChI is InChI=1S/C21H24F2N4O2/c1-14(20(28)26-19-13-15(22)7-8-18(19)23)27-11-9-17(10-12-27)25-21(29)24-16-5-3-2-4-6-16/h2-8,13-14,17H,9-12H2,1H3,(H,26,28)(H2,24,25,29). The van der Waals surface area contributed by atoms with E-state index in [1.807, 2.05) is 35.2 Å². The number of amides is 3. The molecule has 8 heteroatoms. The van der Waals surface area contributed by atoms with E-state index in [1.54, 1.807) is 6.92 Å². The van der Waals surface area contributed by atoms with Gasteiger partial charge in [0.05, 0.1) is 11.7 Å². The highest BCUT2D eigenvalue weighted by molar-refractivity contribution is 5.94. The molecule has 154 valence electrons. The summed E-state index contributed by atoms with van der Waals surface area (Å²) < 4.78 is 27.0. The van der Waals surface area contributed by atoms with Gasteiger partial charge in [0.1, 0.15) is 11.6 Å². The van der Waals surface area contributed by atoms with Gasteiger partial charge in [-0.2, -0.15) is 0 Å². The highest BCUT2D eigenvalue weighted by Gasteiger charge is 2.27. The van der Waals surface area contributed by atoms with Gasteiger partial charge >= 0.3 is 6.03 Å². The molecule has 2 aromatic rings. The number of benzene rings is 2. The number of likely N-dealkylation sites (tertiary alicyclic amines) is 1. The Morgan fingerprint density at radius 1 is 1.03 bits per heavy atom. The number of rotatable bonds is 5. The van der Waals surface area contributed by atoms with E-state index in [4.69, 9.17) is 0 Å². The summed E-state index contributed by atoms with van der Waals surface area (Å²) in [6.07, 6.45) is 1.38. The zero-order valence-electron chi connectivity index (χ0n) is 16.1. The molecule has 2 aromatic carbocycles. The van der Waals surface area contributed by atoms with E-state index >= 15 is 0 Å². The number of nitrogens with zero attached hydrogens (tertiary/aromatic N) is 1. The van der Waals surface area contributed by atoms with Crippen LogP contribution in [0.4, 0.5) is 25.0 Å². The average molecular weight is 402 g/mol. The van der Waals surface area contributed by atoms with Crippen LogP contribution >= 0.6 is 0 Å². The van der Waals surface area contributed by atoms with Gasteiger partial charge in [0, 0.05) is 30.9 Å². The molecule has 0 spiro atoms. The molecule has 1 aliphatic rings. The third kappa shape index (κ3) is 5.74. The van der Waals surface area contributed by atoms with Gasteiger partial charge in [-0.15, -0.1) is 0 Å². The number of anilines is 2. The topological polar surface area (TPSA) is 73.5 Å². The summed E-state index contributed by atoms with van der Waals surface area (Å²) in [5.41, 5.74) is 0.549. The maximum atomic E-state index is 13.7. The van der Waals surface area contributed by atoms with Crippen molar-refractivity contribution < 1.29 is 18.4 Å². The zero-order valence-corrected chi connectivity index (χ0v) is 16.1. The molecule has 1 atom stereocenters. The number of carbonyl (C=O) groups excluding carboxylic acids is 2. The Morgan fingerprint density at radius 2 is 1.72 bits per heavy atom. The number of piperidine rings is 1. The number of hydrogen-bond acceptors (Lipinski definition) is 3. The Kier molecular flexibility index (Phi) is 6.77. The molecule has 0 saturated carbocycles. The number of urea groups is 1. The van der Waals surface area contributed by atoms with Crippen LogP contribution in [0.2, 0.25) is 0 Å². The maximum absolute atomic E-state index is 13.7. The molecule has 3 N–H and O–H groups in total. The van der Waals surface area contributed by atoms with Crippen molar-refractivity contribution >= 4 is 23.3 Å². The van der Waals surface area contributed by atoms with E-state index in [2.05, 4.69) is 16.0 Å². The Balaban J connectivity index is 1.46. The van der Waals surface area contributed by atoms with Gasteiger partial charge in [-0.1, -0.05) is 18.2 Å². The van der Waals surface area contributed by atoms with Gasteiger partial charge in [0.25, 0.3) is 0 Å². The van der Waals surface area contributed by atoms with E-state index in [0.717, 1.165) is 23.9 Å². The molecule has 1 aliphatic heterocycles. The monoisotopic (exact) mass is 402 g/mol. The third-order valence-corrected chi connectivity index (χ3v) is 5.01. The lowest BCUT2D eigenvalue weighted by Crippen LogP contribution is -2.51. The van der Waals surface area contributed by atoms with Gasteiger partial charge in [-0.05, 0) is 44.0 Å². The van der Waals surface area contributed by atoms with Crippen molar-refractivity contribution in [3.63, 3.8) is 0 Å². The molecule has 0 bridgehead atoms. The van der Waals surface area contributed by atoms with E-state index in [-0.39, 0.29) is 17.8 Å². The highest BCUT2D eigenvalue weighted by atomic mass is 19.1. The van der Waals surface area contributed by atoms with Crippen LogP contribution in [-0.2, 0) is 4.79 Å². The molecule has 0 radical (unpaired) electrons. The van der Waals surface area contributed by atoms with Gasteiger partial charge in [-0.3, -0.25) is 9.69 Å². The fourth-order valence-electron chi connectivity index (χ4n) is 3.30. The van der Waals surface area contributed by atoms with Crippen LogP contribution in [0.25, 0.3) is 0 Å². The lowest BCUT2D eigenvalue weighted by molar-refractivity contribution is -0.121. The van der Waals surface area contributed by atoms with Crippen LogP contribution in [0.15, 0.2) is 48.5 Å². The SMILES string of the molecule is CC(C(=O)Nc1cc(F)ccc1F)N1CCC(NC(=O)Nc2ccccc2)CC1. The summed E-state index contributed by atoms with van der Waals surface area (Å²) in [7, 11) is 0. The second kappa shape index (κ2) is 9.47. The smallest absolute Gasteiger partial charge is 0.319 e. The Hall–Kier alpha value is -3.00. The number of nitrogens with one attached hydrogen (secondary N) is 3. The molecule has 1 heterocycles. The van der Waals surface area contributed by atoms with Crippen LogP contribution in [0.3, 0.4) is 0 Å². The molecule has 0 aliphatic carbocycles. The molecular formula is C21H24F2N4O2. The first kappa shape index (κ1) is 20.7. The average Bonchev–Trinajstić information content (AvgIpc) is 2.71. The number of carbonyl (C=O) groups is 2. The molecule has 1 saturated heterocycles. The lowest BCUT2D eigenvalue weighted by Gasteiger charge is -2.35. The molecule has 1 fully saturated rings. The minimum Gasteiger partial charge on any atom is -0.335 e. The molecule has 1 unspecified atom stereocenters. The summed E-state index contributed by atoms with van der Waals surface area (Å²) in [6.45, 7) is 2.94.